The molecule has 0 saturated heterocycles. The molecule has 0 radical (unpaired) electrons. The number of carbonyl (C=O) groups excluding carboxylic acids is 1. The molecule has 0 aliphatic carbocycles. The smallest absolute Gasteiger partial charge is 0.339 e. The number of aromatic nitrogens is 1. The summed E-state index contributed by atoms with van der Waals surface area (Å²) in [5, 5.41) is 12.5. The minimum absolute atomic E-state index is 0.0642. The van der Waals surface area contributed by atoms with Crippen LogP contribution in [0.4, 0.5) is 0 Å². The zero-order chi connectivity index (χ0) is 15.2. The fraction of sp³-hybridized carbons (Fsp3) is 0.600. The van der Waals surface area contributed by atoms with Crippen molar-refractivity contribution < 1.29 is 14.6 Å². The molecule has 0 spiro atoms. The number of carbonyl (C=O) groups is 1. The van der Waals surface area contributed by atoms with Crippen LogP contribution in [-0.4, -0.2) is 35.8 Å². The third kappa shape index (κ3) is 4.90. The number of methoxy groups -OCH3 is 1. The van der Waals surface area contributed by atoms with Crippen LogP contribution in [0.5, 0.6) is 0 Å². The number of ether oxygens (including phenoxy) is 1. The van der Waals surface area contributed by atoms with Crippen LogP contribution in [0.2, 0.25) is 0 Å². The zero-order valence-electron chi connectivity index (χ0n) is 12.6. The molecule has 1 heterocycles. The predicted octanol–water partition coefficient (Wildman–Crippen LogP) is 1.75. The highest BCUT2D eigenvalue weighted by atomic mass is 16.5. The van der Waals surface area contributed by atoms with Crippen LogP contribution >= 0.6 is 0 Å². The molecule has 0 fully saturated rings. The van der Waals surface area contributed by atoms with Crippen LogP contribution < -0.4 is 5.32 Å². The van der Waals surface area contributed by atoms with E-state index >= 15 is 0 Å². The second-order valence-corrected chi connectivity index (χ2v) is 5.84. The van der Waals surface area contributed by atoms with E-state index in [1.807, 2.05) is 0 Å². The summed E-state index contributed by atoms with van der Waals surface area (Å²) in [4.78, 5) is 15.5. The molecule has 0 amide bonds. The first-order chi connectivity index (χ1) is 9.38. The van der Waals surface area contributed by atoms with E-state index in [0.29, 0.717) is 18.5 Å². The van der Waals surface area contributed by atoms with Gasteiger partial charge in [0.1, 0.15) is 0 Å². The summed E-state index contributed by atoms with van der Waals surface area (Å²) in [5.41, 5.74) is 1.36. The normalized spacial score (nSPS) is 13.1. The summed E-state index contributed by atoms with van der Waals surface area (Å²) in [6.07, 6.45) is 2.21. The fourth-order valence-corrected chi connectivity index (χ4v) is 1.97. The number of esters is 1. The quantitative estimate of drug-likeness (QED) is 0.777. The van der Waals surface area contributed by atoms with Crippen molar-refractivity contribution in [2.45, 2.75) is 39.8 Å². The van der Waals surface area contributed by atoms with Crippen molar-refractivity contribution in [2.75, 3.05) is 13.7 Å². The Morgan fingerprint density at radius 3 is 2.60 bits per heavy atom. The zero-order valence-corrected chi connectivity index (χ0v) is 12.6. The molecule has 0 aromatic carbocycles. The Kier molecular flexibility index (Phi) is 6.10. The van der Waals surface area contributed by atoms with Crippen LogP contribution in [0, 0.1) is 5.41 Å². The van der Waals surface area contributed by atoms with Gasteiger partial charge in [-0.15, -0.1) is 0 Å². The number of hydrogen-bond acceptors (Lipinski definition) is 5. The summed E-state index contributed by atoms with van der Waals surface area (Å²) in [6, 6.07) is 3.71. The molecule has 112 valence electrons. The molecule has 2 N–H and O–H groups in total. The molecule has 0 aliphatic rings. The summed E-state index contributed by atoms with van der Waals surface area (Å²) in [7, 11) is 1.35. The van der Waals surface area contributed by atoms with Gasteiger partial charge in [-0.1, -0.05) is 20.8 Å². The topological polar surface area (TPSA) is 71.5 Å². The van der Waals surface area contributed by atoms with Crippen LogP contribution in [-0.2, 0) is 11.3 Å². The van der Waals surface area contributed by atoms with Gasteiger partial charge in [-0.05, 0) is 24.0 Å². The van der Waals surface area contributed by atoms with Gasteiger partial charge in [-0.25, -0.2) is 4.79 Å². The fourth-order valence-electron chi connectivity index (χ4n) is 1.97. The summed E-state index contributed by atoms with van der Waals surface area (Å²) >= 11 is 0. The van der Waals surface area contributed by atoms with Gasteiger partial charge in [-0.3, -0.25) is 4.98 Å². The van der Waals surface area contributed by atoms with Crippen molar-refractivity contribution in [1.82, 2.24) is 10.3 Å². The van der Waals surface area contributed by atoms with Gasteiger partial charge in [-0.2, -0.15) is 0 Å². The maximum absolute atomic E-state index is 11.3. The first-order valence-electron chi connectivity index (χ1n) is 6.76. The van der Waals surface area contributed by atoms with E-state index in [2.05, 4.69) is 35.8 Å². The molecule has 20 heavy (non-hydrogen) atoms. The number of nitrogens with zero attached hydrogens (tertiary/aromatic N) is 1. The highest BCUT2D eigenvalue weighted by Gasteiger charge is 2.23. The Morgan fingerprint density at radius 2 is 2.15 bits per heavy atom. The third-order valence-electron chi connectivity index (χ3n) is 3.24. The van der Waals surface area contributed by atoms with Crippen LogP contribution in [0.1, 0.15) is 43.2 Å². The van der Waals surface area contributed by atoms with E-state index in [9.17, 15) is 4.79 Å². The van der Waals surface area contributed by atoms with Gasteiger partial charge in [0.05, 0.1) is 18.4 Å². The third-order valence-corrected chi connectivity index (χ3v) is 3.24. The van der Waals surface area contributed by atoms with Crippen molar-refractivity contribution in [3.63, 3.8) is 0 Å². The highest BCUT2D eigenvalue weighted by Crippen LogP contribution is 2.21. The Labute approximate surface area is 120 Å². The van der Waals surface area contributed by atoms with E-state index in [1.54, 1.807) is 12.1 Å². The lowest BCUT2D eigenvalue weighted by Crippen LogP contribution is -2.40. The molecule has 1 aromatic rings. The van der Waals surface area contributed by atoms with E-state index in [4.69, 9.17) is 5.11 Å². The lowest BCUT2D eigenvalue weighted by atomic mass is 9.85. The molecule has 0 aliphatic heterocycles. The van der Waals surface area contributed by atoms with Crippen LogP contribution in [0.15, 0.2) is 18.3 Å². The lowest BCUT2D eigenvalue weighted by molar-refractivity contribution is 0.0600. The summed E-state index contributed by atoms with van der Waals surface area (Å²) in [5.74, 6) is -0.384. The Morgan fingerprint density at radius 1 is 1.45 bits per heavy atom. The second kappa shape index (κ2) is 7.36. The molecule has 0 saturated carbocycles. The molecule has 1 rings (SSSR count). The van der Waals surface area contributed by atoms with Gasteiger partial charge in [0.15, 0.2) is 0 Å². The number of nitrogens with one attached hydrogen (secondary N) is 1. The molecule has 1 unspecified atom stereocenters. The van der Waals surface area contributed by atoms with Crippen LogP contribution in [0.25, 0.3) is 0 Å². The van der Waals surface area contributed by atoms with Gasteiger partial charge in [0, 0.05) is 25.4 Å². The van der Waals surface area contributed by atoms with E-state index in [1.165, 1.54) is 13.3 Å². The Hall–Kier alpha value is -1.46. The van der Waals surface area contributed by atoms with Gasteiger partial charge in [0.2, 0.25) is 0 Å². The number of aliphatic hydroxyl groups excluding tert-OH is 1. The van der Waals surface area contributed by atoms with Crippen molar-refractivity contribution in [2.24, 2.45) is 5.41 Å². The molecular weight excluding hydrogens is 256 g/mol. The van der Waals surface area contributed by atoms with E-state index < -0.39 is 0 Å². The summed E-state index contributed by atoms with van der Waals surface area (Å²) in [6.45, 7) is 7.16. The maximum Gasteiger partial charge on any atom is 0.339 e. The van der Waals surface area contributed by atoms with Gasteiger partial charge >= 0.3 is 5.97 Å². The van der Waals surface area contributed by atoms with Crippen molar-refractivity contribution in [1.29, 1.82) is 0 Å². The molecule has 5 nitrogen and oxygen atoms in total. The van der Waals surface area contributed by atoms with Crippen molar-refractivity contribution >= 4 is 5.97 Å². The minimum atomic E-state index is -0.384. The SMILES string of the molecule is COC(=O)c1ccc(CNC(CCO)C(C)(C)C)nc1. The monoisotopic (exact) mass is 280 g/mol. The Bertz CT molecular complexity index is 424. The number of hydrogen-bond donors (Lipinski definition) is 2. The highest BCUT2D eigenvalue weighted by molar-refractivity contribution is 5.88. The predicted molar refractivity (Wildman–Crippen MR) is 77.4 cm³/mol. The first-order valence-corrected chi connectivity index (χ1v) is 6.76. The van der Waals surface area contributed by atoms with E-state index in [0.717, 1.165) is 5.69 Å². The Balaban J connectivity index is 2.62. The molecule has 5 heteroatoms. The van der Waals surface area contributed by atoms with Gasteiger partial charge in [0.25, 0.3) is 0 Å². The lowest BCUT2D eigenvalue weighted by Gasteiger charge is -2.31. The molecule has 0 bridgehead atoms. The second-order valence-electron chi connectivity index (χ2n) is 5.84. The number of aliphatic hydroxyl groups is 1. The van der Waals surface area contributed by atoms with Gasteiger partial charge < -0.3 is 15.2 Å². The number of pyridine rings is 1. The standard InChI is InChI=1S/C15H24N2O3/c1-15(2,3)13(7-8-18)17-10-12-6-5-11(9-16-12)14(19)20-4/h5-6,9,13,17-18H,7-8,10H2,1-4H3. The number of rotatable bonds is 6. The first kappa shape index (κ1) is 16.6. The molecule has 1 aromatic heterocycles. The largest absolute Gasteiger partial charge is 0.465 e. The molecule has 1 atom stereocenters. The van der Waals surface area contributed by atoms with Crippen molar-refractivity contribution in [3.8, 4) is 0 Å². The molecular formula is C15H24N2O3. The van der Waals surface area contributed by atoms with E-state index in [-0.39, 0.29) is 24.0 Å². The van der Waals surface area contributed by atoms with Crippen LogP contribution in [0.3, 0.4) is 0 Å². The maximum atomic E-state index is 11.3. The average molecular weight is 280 g/mol. The summed E-state index contributed by atoms with van der Waals surface area (Å²) < 4.78 is 4.63. The van der Waals surface area contributed by atoms with Crippen molar-refractivity contribution in [3.05, 3.63) is 29.6 Å². The average Bonchev–Trinajstić information content (AvgIpc) is 2.42. The minimum Gasteiger partial charge on any atom is -0.465 e.